The van der Waals surface area contributed by atoms with E-state index >= 15 is 0 Å². The van der Waals surface area contributed by atoms with Crippen molar-refractivity contribution in [3.05, 3.63) is 29.6 Å². The lowest BCUT2D eigenvalue weighted by atomic mass is 10.0. The number of carboxylic acid groups (broad SMARTS) is 1. The van der Waals surface area contributed by atoms with Crippen LogP contribution in [0.25, 0.3) is 11.0 Å². The van der Waals surface area contributed by atoms with E-state index in [1.807, 2.05) is 40.0 Å². The van der Waals surface area contributed by atoms with E-state index in [0.717, 1.165) is 22.2 Å². The first kappa shape index (κ1) is 13.4. The van der Waals surface area contributed by atoms with Crippen LogP contribution in [-0.2, 0) is 6.54 Å². The molecule has 0 radical (unpaired) electrons. The van der Waals surface area contributed by atoms with Crippen LogP contribution < -0.4 is 0 Å². The van der Waals surface area contributed by atoms with Gasteiger partial charge in [0.25, 0.3) is 0 Å². The maximum absolute atomic E-state index is 11.4. The van der Waals surface area contributed by atoms with Gasteiger partial charge < -0.3 is 10.1 Å². The summed E-state index contributed by atoms with van der Waals surface area (Å²) in [5.41, 5.74) is 2.40. The summed E-state index contributed by atoms with van der Waals surface area (Å²) in [7, 11) is 0. The zero-order chi connectivity index (χ0) is 14.2. The van der Waals surface area contributed by atoms with Gasteiger partial charge in [-0.2, -0.15) is 0 Å². The number of nitrogens with one attached hydrogen (secondary N) is 1. The monoisotopic (exact) mass is 261 g/mol. The van der Waals surface area contributed by atoms with Crippen molar-refractivity contribution >= 4 is 17.1 Å². The van der Waals surface area contributed by atoms with Crippen LogP contribution in [0.5, 0.6) is 0 Å². The second kappa shape index (κ2) is 4.57. The number of aromatic amines is 1. The van der Waals surface area contributed by atoms with Gasteiger partial charge >= 0.3 is 6.09 Å². The number of amides is 1. The normalized spacial score (nSPS) is 11.8. The van der Waals surface area contributed by atoms with Crippen LogP contribution in [0.3, 0.4) is 0 Å². The molecule has 0 atom stereocenters. The molecule has 2 aromatic rings. The number of fused-ring (bicyclic) bond motifs is 1. The second-order valence-corrected chi connectivity index (χ2v) is 5.69. The molecule has 0 saturated carbocycles. The van der Waals surface area contributed by atoms with Crippen LogP contribution >= 0.6 is 0 Å². The lowest BCUT2D eigenvalue weighted by Crippen LogP contribution is -2.44. The minimum Gasteiger partial charge on any atom is -0.465 e. The van der Waals surface area contributed by atoms with Crippen LogP contribution in [0, 0.1) is 6.92 Å². The third kappa shape index (κ3) is 2.54. The number of aromatic nitrogens is 2. The summed E-state index contributed by atoms with van der Waals surface area (Å²) in [6.45, 7) is 8.00. The average Bonchev–Trinajstić information content (AvgIpc) is 2.74. The molecule has 0 aliphatic rings. The molecule has 0 saturated heterocycles. The van der Waals surface area contributed by atoms with Crippen molar-refractivity contribution in [2.75, 3.05) is 0 Å². The van der Waals surface area contributed by atoms with Crippen LogP contribution in [0.15, 0.2) is 18.5 Å². The molecular formula is C14H19N3O2. The maximum atomic E-state index is 11.4. The molecule has 2 aromatic heterocycles. The summed E-state index contributed by atoms with van der Waals surface area (Å²) in [5, 5.41) is 10.4. The number of nitrogens with zero attached hydrogens (tertiary/aromatic N) is 2. The first-order chi connectivity index (χ1) is 8.80. The first-order valence-corrected chi connectivity index (χ1v) is 6.23. The smallest absolute Gasteiger partial charge is 0.408 e. The minimum atomic E-state index is -0.916. The summed E-state index contributed by atoms with van der Waals surface area (Å²) < 4.78 is 0. The third-order valence-electron chi connectivity index (χ3n) is 3.33. The van der Waals surface area contributed by atoms with Gasteiger partial charge in [0, 0.05) is 23.3 Å². The molecule has 19 heavy (non-hydrogen) atoms. The molecule has 0 unspecified atom stereocenters. The van der Waals surface area contributed by atoms with Crippen molar-refractivity contribution in [3.63, 3.8) is 0 Å². The maximum Gasteiger partial charge on any atom is 0.408 e. The molecule has 0 aliphatic heterocycles. The molecule has 102 valence electrons. The Morgan fingerprint density at radius 2 is 2.16 bits per heavy atom. The number of rotatable bonds is 2. The standard InChI is InChI=1S/C14H19N3O2/c1-9-10(7-16-12-11(9)5-6-15-12)8-17(13(18)19)14(2,3)4/h5-7H,8H2,1-4H3,(H,15,16)(H,18,19). The fourth-order valence-electron chi connectivity index (χ4n) is 2.10. The molecule has 0 spiro atoms. The molecular weight excluding hydrogens is 242 g/mol. The van der Waals surface area contributed by atoms with Gasteiger partial charge in [-0.3, -0.25) is 4.90 Å². The molecule has 2 N–H and O–H groups in total. The summed E-state index contributed by atoms with van der Waals surface area (Å²) in [5.74, 6) is 0. The van der Waals surface area contributed by atoms with E-state index in [4.69, 9.17) is 0 Å². The van der Waals surface area contributed by atoms with Gasteiger partial charge in [0.05, 0.1) is 6.54 Å². The third-order valence-corrected chi connectivity index (χ3v) is 3.33. The van der Waals surface area contributed by atoms with Crippen molar-refractivity contribution in [2.45, 2.75) is 39.8 Å². The summed E-state index contributed by atoms with van der Waals surface area (Å²) >= 11 is 0. The van der Waals surface area contributed by atoms with Crippen LogP contribution in [0.4, 0.5) is 4.79 Å². The summed E-state index contributed by atoms with van der Waals surface area (Å²) in [6.07, 6.45) is 2.67. The Hall–Kier alpha value is -2.04. The number of pyridine rings is 1. The fraction of sp³-hybridized carbons (Fsp3) is 0.429. The molecule has 0 aromatic carbocycles. The number of H-pyrrole nitrogens is 1. The minimum absolute atomic E-state index is 0.346. The Bertz CT molecular complexity index is 611. The van der Waals surface area contributed by atoms with Crippen LogP contribution in [0.1, 0.15) is 31.9 Å². The van der Waals surface area contributed by atoms with Crippen LogP contribution in [0.2, 0.25) is 0 Å². The summed E-state index contributed by atoms with van der Waals surface area (Å²) in [6, 6.07) is 1.96. The highest BCUT2D eigenvalue weighted by atomic mass is 16.4. The highest BCUT2D eigenvalue weighted by molar-refractivity contribution is 5.80. The highest BCUT2D eigenvalue weighted by Crippen LogP contribution is 2.23. The van der Waals surface area contributed by atoms with Gasteiger partial charge in [-0.25, -0.2) is 9.78 Å². The number of aryl methyl sites for hydroxylation is 1. The molecule has 5 nitrogen and oxygen atoms in total. The molecule has 2 heterocycles. The lowest BCUT2D eigenvalue weighted by molar-refractivity contribution is 0.0954. The van der Waals surface area contributed by atoms with E-state index in [2.05, 4.69) is 9.97 Å². The Labute approximate surface area is 112 Å². The zero-order valence-electron chi connectivity index (χ0n) is 11.7. The van der Waals surface area contributed by atoms with Gasteiger partial charge in [-0.05, 0) is 44.9 Å². The molecule has 1 amide bonds. The van der Waals surface area contributed by atoms with Crippen molar-refractivity contribution < 1.29 is 9.90 Å². The Kier molecular flexibility index (Phi) is 3.22. The largest absolute Gasteiger partial charge is 0.465 e. The van der Waals surface area contributed by atoms with Crippen molar-refractivity contribution in [1.82, 2.24) is 14.9 Å². The van der Waals surface area contributed by atoms with Crippen molar-refractivity contribution in [3.8, 4) is 0 Å². The Balaban J connectivity index is 2.39. The molecule has 0 fully saturated rings. The quantitative estimate of drug-likeness (QED) is 0.872. The fourth-order valence-corrected chi connectivity index (χ4v) is 2.10. The van der Waals surface area contributed by atoms with Gasteiger partial charge in [-0.15, -0.1) is 0 Å². The predicted molar refractivity (Wildman–Crippen MR) is 74.2 cm³/mol. The first-order valence-electron chi connectivity index (χ1n) is 6.23. The van der Waals surface area contributed by atoms with Gasteiger partial charge in [0.1, 0.15) is 5.65 Å². The van der Waals surface area contributed by atoms with E-state index in [0.29, 0.717) is 6.54 Å². The zero-order valence-corrected chi connectivity index (χ0v) is 11.7. The van der Waals surface area contributed by atoms with E-state index < -0.39 is 11.6 Å². The molecule has 0 aliphatic carbocycles. The number of carbonyl (C=O) groups is 1. The van der Waals surface area contributed by atoms with Gasteiger partial charge in [0.2, 0.25) is 0 Å². The number of hydrogen-bond donors (Lipinski definition) is 2. The van der Waals surface area contributed by atoms with Crippen molar-refractivity contribution in [2.24, 2.45) is 0 Å². The predicted octanol–water partition coefficient (Wildman–Crippen LogP) is 3.15. The van der Waals surface area contributed by atoms with Crippen LogP contribution in [-0.4, -0.2) is 31.6 Å². The lowest BCUT2D eigenvalue weighted by Gasteiger charge is -2.33. The van der Waals surface area contributed by atoms with E-state index in [-0.39, 0.29) is 0 Å². The van der Waals surface area contributed by atoms with E-state index in [1.54, 1.807) is 6.20 Å². The van der Waals surface area contributed by atoms with Gasteiger partial charge in [0.15, 0.2) is 0 Å². The highest BCUT2D eigenvalue weighted by Gasteiger charge is 2.26. The van der Waals surface area contributed by atoms with Crippen molar-refractivity contribution in [1.29, 1.82) is 0 Å². The number of hydrogen-bond acceptors (Lipinski definition) is 2. The summed E-state index contributed by atoms with van der Waals surface area (Å²) in [4.78, 5) is 20.2. The van der Waals surface area contributed by atoms with E-state index in [9.17, 15) is 9.90 Å². The van der Waals surface area contributed by atoms with E-state index in [1.165, 1.54) is 4.90 Å². The Morgan fingerprint density at radius 3 is 2.74 bits per heavy atom. The topological polar surface area (TPSA) is 69.2 Å². The molecule has 5 heteroatoms. The second-order valence-electron chi connectivity index (χ2n) is 5.69. The molecule has 2 rings (SSSR count). The molecule has 0 bridgehead atoms. The van der Waals surface area contributed by atoms with Gasteiger partial charge in [-0.1, -0.05) is 0 Å². The Morgan fingerprint density at radius 1 is 1.47 bits per heavy atom. The SMILES string of the molecule is Cc1c(CN(C(=O)O)C(C)(C)C)cnc2[nH]ccc12. The average molecular weight is 261 g/mol.